The van der Waals surface area contributed by atoms with E-state index in [-0.39, 0.29) is 10.7 Å². The Bertz CT molecular complexity index is 756. The van der Waals surface area contributed by atoms with Gasteiger partial charge in [0.1, 0.15) is 15.7 Å². The smallest absolute Gasteiger partial charge is 0.134 e. The molecule has 0 aromatic heterocycles. The highest BCUT2D eigenvalue weighted by Gasteiger charge is 2.44. The predicted octanol–water partition coefficient (Wildman–Crippen LogP) is 3.77. The van der Waals surface area contributed by atoms with Gasteiger partial charge in [-0.1, -0.05) is 54.2 Å². The Morgan fingerprint density at radius 3 is 2.69 bits per heavy atom. The number of benzene rings is 2. The Labute approximate surface area is 158 Å². The fourth-order valence-corrected chi connectivity index (χ4v) is 4.58. The Morgan fingerprint density at radius 1 is 1.19 bits per heavy atom. The largest absolute Gasteiger partial charge is 0.383 e. The standard InChI is InChI=1S/C20H24FN3OS/c1-25-14-13-24-20(11-6-12-22,17-8-3-2-4-9-17)26-19(23-24)16-7-5-10-18(21)15-16/h2-5,7-10,15H,6,11-14,22H2,1H3. The Kier molecular flexibility index (Phi) is 6.29. The van der Waals surface area contributed by atoms with Crippen LogP contribution in [0.4, 0.5) is 4.39 Å². The van der Waals surface area contributed by atoms with Crippen molar-refractivity contribution in [2.75, 3.05) is 26.8 Å². The van der Waals surface area contributed by atoms with E-state index in [0.29, 0.717) is 19.7 Å². The first kappa shape index (κ1) is 18.9. The van der Waals surface area contributed by atoms with Crippen LogP contribution in [0.5, 0.6) is 0 Å². The lowest BCUT2D eigenvalue weighted by atomic mass is 10.0. The molecule has 4 nitrogen and oxygen atoms in total. The minimum absolute atomic E-state index is 0.256. The van der Waals surface area contributed by atoms with Crippen molar-refractivity contribution < 1.29 is 9.13 Å². The number of rotatable bonds is 8. The number of thioether (sulfide) groups is 1. The van der Waals surface area contributed by atoms with E-state index in [1.54, 1.807) is 24.9 Å². The summed E-state index contributed by atoms with van der Waals surface area (Å²) in [5.74, 6) is -0.256. The second-order valence-electron chi connectivity index (χ2n) is 6.18. The van der Waals surface area contributed by atoms with Crippen molar-refractivity contribution in [1.82, 2.24) is 5.01 Å². The molecule has 0 radical (unpaired) electrons. The minimum Gasteiger partial charge on any atom is -0.383 e. The fourth-order valence-electron chi connectivity index (χ4n) is 3.14. The first-order valence-electron chi connectivity index (χ1n) is 8.75. The van der Waals surface area contributed by atoms with Gasteiger partial charge in [-0.2, -0.15) is 5.10 Å². The third kappa shape index (κ3) is 3.92. The number of hydrogen-bond donors (Lipinski definition) is 1. The van der Waals surface area contributed by atoms with Gasteiger partial charge in [-0.05, 0) is 37.1 Å². The molecular weight excluding hydrogens is 349 g/mol. The normalized spacial score (nSPS) is 19.7. The number of methoxy groups -OCH3 is 1. The van der Waals surface area contributed by atoms with E-state index in [1.165, 1.54) is 17.7 Å². The van der Waals surface area contributed by atoms with Gasteiger partial charge in [-0.3, -0.25) is 5.01 Å². The molecule has 1 aliphatic rings. The Morgan fingerprint density at radius 2 is 2.00 bits per heavy atom. The van der Waals surface area contributed by atoms with Crippen molar-refractivity contribution in [1.29, 1.82) is 0 Å². The molecule has 26 heavy (non-hydrogen) atoms. The number of ether oxygens (including phenoxy) is 1. The summed E-state index contributed by atoms with van der Waals surface area (Å²) in [4.78, 5) is -0.360. The van der Waals surface area contributed by atoms with Gasteiger partial charge in [0.15, 0.2) is 0 Å². The molecule has 0 spiro atoms. The number of nitrogens with zero attached hydrogens (tertiary/aromatic N) is 2. The highest BCUT2D eigenvalue weighted by Crippen LogP contribution is 2.50. The highest BCUT2D eigenvalue weighted by atomic mass is 32.2. The van der Waals surface area contributed by atoms with Crippen molar-refractivity contribution in [2.24, 2.45) is 10.8 Å². The van der Waals surface area contributed by atoms with Crippen molar-refractivity contribution in [3.8, 4) is 0 Å². The van der Waals surface area contributed by atoms with Gasteiger partial charge in [-0.25, -0.2) is 4.39 Å². The summed E-state index contributed by atoms with van der Waals surface area (Å²) in [5.41, 5.74) is 7.78. The monoisotopic (exact) mass is 373 g/mol. The maximum absolute atomic E-state index is 13.7. The second kappa shape index (κ2) is 8.66. The van der Waals surface area contributed by atoms with Gasteiger partial charge >= 0.3 is 0 Å². The van der Waals surface area contributed by atoms with Crippen LogP contribution in [0.15, 0.2) is 59.7 Å². The SMILES string of the molecule is COCCN1N=C(c2cccc(F)c2)SC1(CCCN)c1ccccc1. The van der Waals surface area contributed by atoms with Crippen LogP contribution in [-0.4, -0.2) is 36.9 Å². The van der Waals surface area contributed by atoms with E-state index in [4.69, 9.17) is 15.6 Å². The minimum atomic E-state index is -0.360. The molecule has 0 saturated carbocycles. The zero-order valence-corrected chi connectivity index (χ0v) is 15.7. The van der Waals surface area contributed by atoms with Crippen molar-refractivity contribution >= 4 is 16.8 Å². The maximum Gasteiger partial charge on any atom is 0.134 e. The van der Waals surface area contributed by atoms with Gasteiger partial charge in [0.05, 0.1) is 13.2 Å². The molecule has 1 aliphatic heterocycles. The average molecular weight is 373 g/mol. The van der Waals surface area contributed by atoms with Crippen LogP contribution in [0, 0.1) is 5.82 Å². The third-order valence-corrected chi connectivity index (χ3v) is 5.92. The van der Waals surface area contributed by atoms with E-state index in [9.17, 15) is 4.39 Å². The molecule has 0 amide bonds. The van der Waals surface area contributed by atoms with Crippen molar-refractivity contribution in [3.05, 3.63) is 71.5 Å². The lowest BCUT2D eigenvalue weighted by Crippen LogP contribution is -2.39. The zero-order chi connectivity index (χ0) is 18.4. The number of hydrogen-bond acceptors (Lipinski definition) is 5. The highest BCUT2D eigenvalue weighted by molar-refractivity contribution is 8.15. The molecule has 138 valence electrons. The van der Waals surface area contributed by atoms with Gasteiger partial charge in [0.2, 0.25) is 0 Å². The molecule has 0 fully saturated rings. The zero-order valence-electron chi connectivity index (χ0n) is 14.9. The van der Waals surface area contributed by atoms with E-state index in [1.807, 2.05) is 24.3 Å². The fraction of sp³-hybridized carbons (Fsp3) is 0.350. The van der Waals surface area contributed by atoms with Crippen LogP contribution < -0.4 is 5.73 Å². The van der Waals surface area contributed by atoms with Gasteiger partial charge in [0, 0.05) is 12.7 Å². The summed E-state index contributed by atoms with van der Waals surface area (Å²) in [6.07, 6.45) is 1.72. The lowest BCUT2D eigenvalue weighted by Gasteiger charge is -2.37. The van der Waals surface area contributed by atoms with Crippen LogP contribution >= 0.6 is 11.8 Å². The second-order valence-corrected chi connectivity index (χ2v) is 7.44. The third-order valence-electron chi connectivity index (χ3n) is 4.42. The molecule has 2 aromatic carbocycles. The summed E-state index contributed by atoms with van der Waals surface area (Å²) < 4.78 is 19.0. The van der Waals surface area contributed by atoms with E-state index in [2.05, 4.69) is 17.1 Å². The quantitative estimate of drug-likeness (QED) is 0.765. The number of halogens is 1. The molecule has 2 N–H and O–H groups in total. The molecule has 1 atom stereocenters. The van der Waals surface area contributed by atoms with E-state index < -0.39 is 0 Å². The summed E-state index contributed by atoms with van der Waals surface area (Å²) >= 11 is 1.67. The van der Waals surface area contributed by atoms with Gasteiger partial charge in [0.25, 0.3) is 0 Å². The van der Waals surface area contributed by atoms with Crippen LogP contribution in [-0.2, 0) is 9.61 Å². The summed E-state index contributed by atoms with van der Waals surface area (Å²) in [6.45, 7) is 1.84. The molecule has 3 rings (SSSR count). The van der Waals surface area contributed by atoms with Gasteiger partial charge in [-0.15, -0.1) is 0 Å². The molecular formula is C20H24FN3OS. The van der Waals surface area contributed by atoms with Crippen LogP contribution in [0.1, 0.15) is 24.0 Å². The Hall–Kier alpha value is -1.89. The van der Waals surface area contributed by atoms with Crippen LogP contribution in [0.2, 0.25) is 0 Å². The first-order valence-corrected chi connectivity index (χ1v) is 9.57. The summed E-state index contributed by atoms with van der Waals surface area (Å²) in [7, 11) is 1.69. The van der Waals surface area contributed by atoms with Crippen LogP contribution in [0.25, 0.3) is 0 Å². The topological polar surface area (TPSA) is 50.8 Å². The average Bonchev–Trinajstić information content (AvgIpc) is 3.05. The maximum atomic E-state index is 13.7. The predicted molar refractivity (Wildman–Crippen MR) is 106 cm³/mol. The molecule has 6 heteroatoms. The molecule has 0 bridgehead atoms. The molecule has 1 unspecified atom stereocenters. The lowest BCUT2D eigenvalue weighted by molar-refractivity contribution is 0.106. The van der Waals surface area contributed by atoms with Gasteiger partial charge < -0.3 is 10.5 Å². The van der Waals surface area contributed by atoms with E-state index >= 15 is 0 Å². The van der Waals surface area contributed by atoms with Crippen LogP contribution in [0.3, 0.4) is 0 Å². The first-order chi connectivity index (χ1) is 12.7. The Balaban J connectivity index is 2.01. The van der Waals surface area contributed by atoms with Crippen molar-refractivity contribution in [2.45, 2.75) is 17.7 Å². The number of hydrazone groups is 1. The molecule has 2 aromatic rings. The van der Waals surface area contributed by atoms with Crippen molar-refractivity contribution in [3.63, 3.8) is 0 Å². The van der Waals surface area contributed by atoms with E-state index in [0.717, 1.165) is 23.4 Å². The summed E-state index contributed by atoms with van der Waals surface area (Å²) in [5, 5.41) is 7.74. The molecule has 1 heterocycles. The molecule has 0 aliphatic carbocycles. The molecule has 0 saturated heterocycles. The summed E-state index contributed by atoms with van der Waals surface area (Å²) in [6, 6.07) is 16.9. The number of nitrogens with two attached hydrogens (primary N) is 1.